The number of likely N-dealkylation sites (tertiary alicyclic amines) is 1. The van der Waals surface area contributed by atoms with Gasteiger partial charge < -0.3 is 19.8 Å². The maximum Gasteiger partial charge on any atom is 0.247 e. The van der Waals surface area contributed by atoms with Gasteiger partial charge >= 0.3 is 0 Å². The number of aliphatic hydroxyl groups is 1. The molecule has 33 heavy (non-hydrogen) atoms. The van der Waals surface area contributed by atoms with Crippen molar-refractivity contribution < 1.29 is 19.5 Å². The van der Waals surface area contributed by atoms with Gasteiger partial charge in [0.2, 0.25) is 17.7 Å². The third-order valence-corrected chi connectivity index (χ3v) is 9.35. The molecule has 0 aliphatic carbocycles. The van der Waals surface area contributed by atoms with Gasteiger partial charge in [-0.3, -0.25) is 14.4 Å². The maximum atomic E-state index is 14.0. The van der Waals surface area contributed by atoms with Gasteiger partial charge in [-0.25, -0.2) is 0 Å². The van der Waals surface area contributed by atoms with Gasteiger partial charge in [0.25, 0.3) is 0 Å². The highest BCUT2D eigenvalue weighted by Crippen LogP contribution is 2.65. The smallest absolute Gasteiger partial charge is 0.247 e. The number of rotatable bonds is 8. The zero-order valence-electron chi connectivity index (χ0n) is 20.0. The Labute approximate surface area is 201 Å². The Kier molecular flexibility index (Phi) is 6.97. The first kappa shape index (κ1) is 24.3. The molecular weight excluding hydrogens is 438 g/mol. The maximum absolute atomic E-state index is 14.0. The Morgan fingerprint density at radius 3 is 2.27 bits per heavy atom. The lowest BCUT2D eigenvalue weighted by Crippen LogP contribution is -2.53. The van der Waals surface area contributed by atoms with Crippen LogP contribution >= 0.6 is 11.8 Å². The Morgan fingerprint density at radius 1 is 0.909 bits per heavy atom. The standard InChI is InChI=1S/C25H37N3O4S/c1-4-6-13-27-15-8-11-25-19(22(31)28(16-9-17-29)20(25)23(27)32)18-21(30)26(12-5-2)14-7-10-24(18,3)33-25/h7-8,10-11,18-20,29H,4-6,9,12-17H2,1-3H3/t18-,19-,20?,24+,25-/m0/s1. The van der Waals surface area contributed by atoms with E-state index in [1.165, 1.54) is 0 Å². The number of fused-ring (bicyclic) bond motifs is 2. The fourth-order valence-corrected chi connectivity index (χ4v) is 8.28. The SMILES string of the molecule is CCCCN1CC=C[C@]23S[C@]4(C)C=CCN(CCC)C(=O)[C@@H]4[C@H]2C(=O)N(CCCO)C3C1=O. The number of carbonyl (C=O) groups is 3. The predicted octanol–water partition coefficient (Wildman–Crippen LogP) is 2.06. The summed E-state index contributed by atoms with van der Waals surface area (Å²) < 4.78 is -1.33. The van der Waals surface area contributed by atoms with Crippen LogP contribution in [0.2, 0.25) is 0 Å². The van der Waals surface area contributed by atoms with Crippen LogP contribution in [0.4, 0.5) is 0 Å². The molecule has 0 radical (unpaired) electrons. The van der Waals surface area contributed by atoms with Gasteiger partial charge in [0.15, 0.2) is 0 Å². The predicted molar refractivity (Wildman–Crippen MR) is 130 cm³/mol. The van der Waals surface area contributed by atoms with E-state index in [0.717, 1.165) is 19.3 Å². The van der Waals surface area contributed by atoms with E-state index in [0.29, 0.717) is 39.1 Å². The fraction of sp³-hybridized carbons (Fsp3) is 0.720. The minimum atomic E-state index is -0.779. The van der Waals surface area contributed by atoms with Crippen molar-refractivity contribution in [3.05, 3.63) is 24.3 Å². The van der Waals surface area contributed by atoms with E-state index in [1.54, 1.807) is 16.7 Å². The molecule has 0 bridgehead atoms. The van der Waals surface area contributed by atoms with E-state index in [2.05, 4.69) is 39.0 Å². The zero-order valence-corrected chi connectivity index (χ0v) is 20.9. The summed E-state index contributed by atoms with van der Waals surface area (Å²) in [5.74, 6) is -1.23. The van der Waals surface area contributed by atoms with Crippen molar-refractivity contribution in [1.82, 2.24) is 14.7 Å². The van der Waals surface area contributed by atoms with Crippen LogP contribution in [0.3, 0.4) is 0 Å². The van der Waals surface area contributed by atoms with E-state index in [9.17, 15) is 19.5 Å². The summed E-state index contributed by atoms with van der Waals surface area (Å²) in [7, 11) is 0. The minimum absolute atomic E-state index is 0.0165. The molecule has 2 saturated heterocycles. The number of nitrogens with zero attached hydrogens (tertiary/aromatic N) is 3. The lowest BCUT2D eigenvalue weighted by atomic mass is 9.74. The van der Waals surface area contributed by atoms with E-state index in [1.807, 2.05) is 15.9 Å². The van der Waals surface area contributed by atoms with Crippen molar-refractivity contribution in [3.8, 4) is 0 Å². The highest BCUT2D eigenvalue weighted by molar-refractivity contribution is 8.02. The van der Waals surface area contributed by atoms with E-state index >= 15 is 0 Å². The average molecular weight is 476 g/mol. The van der Waals surface area contributed by atoms with Crippen LogP contribution < -0.4 is 0 Å². The number of hydrogen-bond donors (Lipinski definition) is 1. The van der Waals surface area contributed by atoms with Gasteiger partial charge in [0.05, 0.1) is 16.6 Å². The fourth-order valence-electron chi connectivity index (χ4n) is 6.12. The zero-order chi connectivity index (χ0) is 23.8. The lowest BCUT2D eigenvalue weighted by molar-refractivity contribution is -0.145. The Morgan fingerprint density at radius 2 is 1.61 bits per heavy atom. The lowest BCUT2D eigenvalue weighted by Gasteiger charge is -2.36. The summed E-state index contributed by atoms with van der Waals surface area (Å²) >= 11 is 1.63. The van der Waals surface area contributed by atoms with Gasteiger partial charge in [-0.2, -0.15) is 0 Å². The third-order valence-electron chi connectivity index (χ3n) is 7.56. The van der Waals surface area contributed by atoms with Crippen molar-refractivity contribution in [1.29, 1.82) is 0 Å². The molecule has 5 atom stereocenters. The van der Waals surface area contributed by atoms with Crippen molar-refractivity contribution in [2.24, 2.45) is 11.8 Å². The molecule has 0 saturated carbocycles. The summed E-state index contributed by atoms with van der Waals surface area (Å²) in [6, 6.07) is -0.647. The Balaban J connectivity index is 1.80. The number of carbonyl (C=O) groups excluding carboxylic acids is 3. The topological polar surface area (TPSA) is 81.2 Å². The van der Waals surface area contributed by atoms with E-state index in [-0.39, 0.29) is 24.3 Å². The van der Waals surface area contributed by atoms with Crippen molar-refractivity contribution >= 4 is 29.5 Å². The molecule has 8 heteroatoms. The van der Waals surface area contributed by atoms with E-state index in [4.69, 9.17) is 0 Å². The Bertz CT molecular complexity index is 861. The summed E-state index contributed by atoms with van der Waals surface area (Å²) in [5.41, 5.74) is 0. The normalized spacial score (nSPS) is 35.6. The average Bonchev–Trinajstić information content (AvgIpc) is 3.05. The van der Waals surface area contributed by atoms with Crippen molar-refractivity contribution in [3.63, 3.8) is 0 Å². The van der Waals surface area contributed by atoms with Gasteiger partial charge in [-0.05, 0) is 26.2 Å². The Hall–Kier alpha value is -1.80. The van der Waals surface area contributed by atoms with Crippen LogP contribution in [0.15, 0.2) is 24.3 Å². The van der Waals surface area contributed by atoms with Gasteiger partial charge in [0, 0.05) is 44.1 Å². The quantitative estimate of drug-likeness (QED) is 0.544. The first-order chi connectivity index (χ1) is 15.8. The molecule has 7 nitrogen and oxygen atoms in total. The van der Waals surface area contributed by atoms with Gasteiger partial charge in [-0.1, -0.05) is 44.6 Å². The molecule has 3 amide bonds. The second-order valence-electron chi connectivity index (χ2n) is 9.83. The molecule has 1 spiro atoms. The number of amides is 3. The molecule has 0 aromatic rings. The van der Waals surface area contributed by atoms with Crippen LogP contribution in [0.5, 0.6) is 0 Å². The largest absolute Gasteiger partial charge is 0.396 e. The van der Waals surface area contributed by atoms with Crippen molar-refractivity contribution in [2.45, 2.75) is 62.0 Å². The molecule has 1 unspecified atom stereocenters. The molecule has 4 aliphatic heterocycles. The molecule has 4 rings (SSSR count). The number of hydrogen-bond acceptors (Lipinski definition) is 5. The summed E-state index contributed by atoms with van der Waals surface area (Å²) in [4.78, 5) is 47.1. The number of aliphatic hydroxyl groups excluding tert-OH is 1. The van der Waals surface area contributed by atoms with Crippen LogP contribution in [0.1, 0.15) is 46.5 Å². The summed E-state index contributed by atoms with van der Waals surface area (Å²) in [5, 5.41) is 9.48. The van der Waals surface area contributed by atoms with Crippen LogP contribution in [-0.2, 0) is 14.4 Å². The third kappa shape index (κ3) is 3.83. The number of unbranched alkanes of at least 4 members (excludes halogenated alkanes) is 1. The van der Waals surface area contributed by atoms with Crippen LogP contribution in [0, 0.1) is 11.8 Å². The van der Waals surface area contributed by atoms with Gasteiger partial charge in [0.1, 0.15) is 6.04 Å². The molecule has 0 aromatic carbocycles. The van der Waals surface area contributed by atoms with Crippen LogP contribution in [-0.4, -0.2) is 92.4 Å². The van der Waals surface area contributed by atoms with Gasteiger partial charge in [-0.15, -0.1) is 11.8 Å². The molecular formula is C25H37N3O4S. The molecule has 0 aromatic heterocycles. The molecule has 2 fully saturated rings. The van der Waals surface area contributed by atoms with Crippen LogP contribution in [0.25, 0.3) is 0 Å². The first-order valence-electron chi connectivity index (χ1n) is 12.4. The molecule has 1 N–H and O–H groups in total. The first-order valence-corrected chi connectivity index (χ1v) is 13.2. The second kappa shape index (κ2) is 9.45. The molecule has 4 aliphatic rings. The highest BCUT2D eigenvalue weighted by atomic mass is 32.2. The molecule has 4 heterocycles. The number of thioether (sulfide) groups is 1. The summed E-state index contributed by atoms with van der Waals surface area (Å²) in [6.45, 7) is 8.90. The second-order valence-corrected chi connectivity index (χ2v) is 11.6. The summed E-state index contributed by atoms with van der Waals surface area (Å²) in [6.07, 6.45) is 11.4. The molecule has 182 valence electrons. The van der Waals surface area contributed by atoms with Crippen molar-refractivity contribution in [2.75, 3.05) is 39.3 Å². The monoisotopic (exact) mass is 475 g/mol. The minimum Gasteiger partial charge on any atom is -0.396 e. The van der Waals surface area contributed by atoms with E-state index < -0.39 is 27.4 Å². The highest BCUT2D eigenvalue weighted by Gasteiger charge is 2.73.